The Hall–Kier alpha value is -0.650. The van der Waals surface area contributed by atoms with Gasteiger partial charge in [0.2, 0.25) is 0 Å². The highest BCUT2D eigenvalue weighted by Crippen LogP contribution is 2.14. The monoisotopic (exact) mass is 300 g/mol. The van der Waals surface area contributed by atoms with Crippen molar-refractivity contribution in [2.45, 2.75) is 65.1 Å². The van der Waals surface area contributed by atoms with E-state index in [0.717, 1.165) is 39.0 Å². The van der Waals surface area contributed by atoms with Gasteiger partial charge in [0.15, 0.2) is 0 Å². The van der Waals surface area contributed by atoms with E-state index in [-0.39, 0.29) is 18.1 Å². The molecule has 0 saturated carbocycles. The summed E-state index contributed by atoms with van der Waals surface area (Å²) in [5.41, 5.74) is 0. The van der Waals surface area contributed by atoms with Gasteiger partial charge < -0.3 is 14.8 Å². The van der Waals surface area contributed by atoms with Gasteiger partial charge in [-0.3, -0.25) is 9.69 Å². The number of hydrogen-bond donors (Lipinski definition) is 1. The van der Waals surface area contributed by atoms with E-state index in [1.165, 1.54) is 0 Å². The number of nitrogens with zero attached hydrogens (tertiary/aromatic N) is 1. The Kier molecular flexibility index (Phi) is 8.88. The lowest BCUT2D eigenvalue weighted by Gasteiger charge is -2.34. The number of piperidine rings is 1. The molecule has 0 bridgehead atoms. The molecule has 21 heavy (non-hydrogen) atoms. The highest BCUT2D eigenvalue weighted by Gasteiger charge is 2.27. The summed E-state index contributed by atoms with van der Waals surface area (Å²) < 4.78 is 11.0. The Morgan fingerprint density at radius 3 is 2.76 bits per heavy atom. The second-order valence-electron chi connectivity index (χ2n) is 6.02. The summed E-state index contributed by atoms with van der Waals surface area (Å²) in [4.78, 5) is 14.4. The van der Waals surface area contributed by atoms with Gasteiger partial charge in [-0.2, -0.15) is 0 Å². The number of esters is 1. The Balaban J connectivity index is 2.50. The summed E-state index contributed by atoms with van der Waals surface area (Å²) in [6.07, 6.45) is 3.61. The maximum Gasteiger partial charge on any atom is 0.324 e. The summed E-state index contributed by atoms with van der Waals surface area (Å²) in [6, 6.07) is 0.00575. The van der Waals surface area contributed by atoms with E-state index in [1.807, 2.05) is 6.92 Å². The molecule has 1 rings (SSSR count). The molecule has 0 aromatic rings. The number of hydrogen-bond acceptors (Lipinski definition) is 5. The zero-order chi connectivity index (χ0) is 15.7. The van der Waals surface area contributed by atoms with E-state index in [1.54, 1.807) is 0 Å². The molecule has 5 nitrogen and oxygen atoms in total. The maximum atomic E-state index is 12.1. The van der Waals surface area contributed by atoms with Crippen molar-refractivity contribution in [2.24, 2.45) is 0 Å². The number of nitrogens with one attached hydrogen (secondary N) is 1. The summed E-state index contributed by atoms with van der Waals surface area (Å²) in [5, 5.41) is 3.31. The molecule has 1 saturated heterocycles. The van der Waals surface area contributed by atoms with Gasteiger partial charge in [-0.05, 0) is 32.7 Å². The molecule has 1 heterocycles. The van der Waals surface area contributed by atoms with E-state index >= 15 is 0 Å². The minimum atomic E-state index is -0.255. The van der Waals surface area contributed by atoms with Crippen molar-refractivity contribution in [1.82, 2.24) is 10.2 Å². The van der Waals surface area contributed by atoms with Crippen LogP contribution in [0.4, 0.5) is 0 Å². The van der Waals surface area contributed by atoms with Crippen LogP contribution in [0.1, 0.15) is 47.0 Å². The van der Waals surface area contributed by atoms with Crippen LogP contribution in [0.3, 0.4) is 0 Å². The highest BCUT2D eigenvalue weighted by atomic mass is 16.5. The zero-order valence-corrected chi connectivity index (χ0v) is 14.1. The number of ether oxygens (including phenoxy) is 2. The summed E-state index contributed by atoms with van der Waals surface area (Å²) in [5.74, 6) is -0.150. The molecule has 0 spiro atoms. The van der Waals surface area contributed by atoms with Crippen molar-refractivity contribution >= 4 is 5.97 Å². The van der Waals surface area contributed by atoms with E-state index < -0.39 is 0 Å². The lowest BCUT2D eigenvalue weighted by Crippen LogP contribution is -2.52. The molecule has 2 atom stereocenters. The van der Waals surface area contributed by atoms with Gasteiger partial charge in [0.05, 0.1) is 12.7 Å². The average molecular weight is 300 g/mol. The van der Waals surface area contributed by atoms with Crippen LogP contribution >= 0.6 is 0 Å². The molecule has 0 aromatic heterocycles. The van der Waals surface area contributed by atoms with Crippen molar-refractivity contribution < 1.29 is 14.3 Å². The van der Waals surface area contributed by atoms with Crippen LogP contribution in [0.25, 0.3) is 0 Å². The van der Waals surface area contributed by atoms with Crippen molar-refractivity contribution in [3.8, 4) is 0 Å². The van der Waals surface area contributed by atoms with Crippen LogP contribution < -0.4 is 5.32 Å². The van der Waals surface area contributed by atoms with E-state index in [0.29, 0.717) is 19.3 Å². The first-order chi connectivity index (χ1) is 10.1. The van der Waals surface area contributed by atoms with Crippen molar-refractivity contribution in [1.29, 1.82) is 0 Å². The smallest absolute Gasteiger partial charge is 0.324 e. The molecule has 0 aliphatic carbocycles. The Morgan fingerprint density at radius 1 is 1.38 bits per heavy atom. The van der Waals surface area contributed by atoms with Gasteiger partial charge in [0, 0.05) is 25.7 Å². The third-order valence-corrected chi connectivity index (χ3v) is 3.57. The average Bonchev–Trinajstić information content (AvgIpc) is 2.44. The summed E-state index contributed by atoms with van der Waals surface area (Å²) in [7, 11) is 0. The first kappa shape index (κ1) is 18.4. The molecule has 1 aliphatic heterocycles. The number of carbonyl (C=O) groups excluding carboxylic acids is 1. The largest absolute Gasteiger partial charge is 0.465 e. The van der Waals surface area contributed by atoms with Gasteiger partial charge in [-0.15, -0.1) is 0 Å². The fourth-order valence-corrected chi connectivity index (χ4v) is 2.70. The zero-order valence-electron chi connectivity index (χ0n) is 14.1. The standard InChI is InChI=1S/C16H32N2O3/c1-5-10-21-14-8-7-9-18(11-14)12-15(17-13(3)4)16(19)20-6-2/h13-15,17H,5-12H2,1-4H3. The predicted molar refractivity (Wildman–Crippen MR) is 84.4 cm³/mol. The molecule has 2 unspecified atom stereocenters. The molecular weight excluding hydrogens is 268 g/mol. The van der Waals surface area contributed by atoms with Crippen molar-refractivity contribution in [2.75, 3.05) is 32.8 Å². The highest BCUT2D eigenvalue weighted by molar-refractivity contribution is 5.76. The Labute approximate surface area is 129 Å². The maximum absolute atomic E-state index is 12.1. The third kappa shape index (κ3) is 7.25. The first-order valence-corrected chi connectivity index (χ1v) is 8.33. The van der Waals surface area contributed by atoms with E-state index in [4.69, 9.17) is 9.47 Å². The normalized spacial score (nSPS) is 21.5. The lowest BCUT2D eigenvalue weighted by molar-refractivity contribution is -0.146. The van der Waals surface area contributed by atoms with Crippen molar-refractivity contribution in [3.63, 3.8) is 0 Å². The topological polar surface area (TPSA) is 50.8 Å². The molecule has 1 fully saturated rings. The van der Waals surface area contributed by atoms with Crippen LogP contribution in [-0.2, 0) is 14.3 Å². The second kappa shape index (κ2) is 10.1. The summed E-state index contributed by atoms with van der Waals surface area (Å²) in [6.45, 7) is 12.0. The van der Waals surface area contributed by atoms with E-state index in [2.05, 4.69) is 31.0 Å². The number of likely N-dealkylation sites (tertiary alicyclic amines) is 1. The SMILES string of the molecule is CCCOC1CCCN(CC(NC(C)C)C(=O)OCC)C1. The van der Waals surface area contributed by atoms with Crippen LogP contribution in [0.2, 0.25) is 0 Å². The fraction of sp³-hybridized carbons (Fsp3) is 0.938. The van der Waals surface area contributed by atoms with E-state index in [9.17, 15) is 4.79 Å². The number of rotatable bonds is 9. The van der Waals surface area contributed by atoms with Crippen molar-refractivity contribution in [3.05, 3.63) is 0 Å². The first-order valence-electron chi connectivity index (χ1n) is 8.33. The van der Waals surface area contributed by atoms with Gasteiger partial charge in [-0.1, -0.05) is 20.8 Å². The molecule has 0 radical (unpaired) electrons. The summed E-state index contributed by atoms with van der Waals surface area (Å²) >= 11 is 0. The molecule has 0 aromatic carbocycles. The van der Waals surface area contributed by atoms with Gasteiger partial charge in [0.25, 0.3) is 0 Å². The van der Waals surface area contributed by atoms with Gasteiger partial charge in [0.1, 0.15) is 6.04 Å². The fourth-order valence-electron chi connectivity index (χ4n) is 2.70. The molecule has 1 N–H and O–H groups in total. The molecule has 5 heteroatoms. The Bertz CT molecular complexity index is 297. The minimum absolute atomic E-state index is 0.150. The lowest BCUT2D eigenvalue weighted by atomic mass is 10.1. The quantitative estimate of drug-likeness (QED) is 0.658. The third-order valence-electron chi connectivity index (χ3n) is 3.57. The van der Waals surface area contributed by atoms with Gasteiger partial charge in [-0.25, -0.2) is 0 Å². The second-order valence-corrected chi connectivity index (χ2v) is 6.02. The molecule has 124 valence electrons. The molecule has 1 aliphatic rings. The Morgan fingerprint density at radius 2 is 2.14 bits per heavy atom. The molecular formula is C16H32N2O3. The number of carbonyl (C=O) groups is 1. The molecule has 0 amide bonds. The van der Waals surface area contributed by atoms with Crippen LogP contribution in [-0.4, -0.2) is 61.9 Å². The predicted octanol–water partition coefficient (Wildman–Crippen LogP) is 1.81. The van der Waals surface area contributed by atoms with Crippen LogP contribution in [0.15, 0.2) is 0 Å². The minimum Gasteiger partial charge on any atom is -0.465 e. The van der Waals surface area contributed by atoms with Crippen LogP contribution in [0.5, 0.6) is 0 Å². The van der Waals surface area contributed by atoms with Crippen LogP contribution in [0, 0.1) is 0 Å². The van der Waals surface area contributed by atoms with Gasteiger partial charge >= 0.3 is 5.97 Å².